The van der Waals surface area contributed by atoms with E-state index in [2.05, 4.69) is 20.9 Å². The number of fused-ring (bicyclic) bond motifs is 1. The number of aromatic nitrogens is 1. The minimum Gasteiger partial charge on any atom is -0.493 e. The molecule has 2 amide bonds. The van der Waals surface area contributed by atoms with Gasteiger partial charge in [0.1, 0.15) is 24.9 Å². The van der Waals surface area contributed by atoms with Crippen molar-refractivity contribution in [1.82, 2.24) is 10.3 Å². The smallest absolute Gasteiger partial charge is 0.263 e. The first kappa shape index (κ1) is 27.1. The number of carbonyl (C=O) groups is 2. The lowest BCUT2D eigenvalue weighted by Gasteiger charge is -2.16. The maximum Gasteiger partial charge on any atom is 0.263 e. The summed E-state index contributed by atoms with van der Waals surface area (Å²) < 4.78 is 16.9. The maximum atomic E-state index is 13.1. The molecule has 1 aromatic heterocycles. The average molecular weight is 522 g/mol. The Morgan fingerprint density at radius 2 is 1.54 bits per heavy atom. The third-order valence-corrected chi connectivity index (χ3v) is 5.94. The van der Waals surface area contributed by atoms with E-state index in [1.807, 2.05) is 6.07 Å². The van der Waals surface area contributed by atoms with Gasteiger partial charge in [0.2, 0.25) is 0 Å². The van der Waals surface area contributed by atoms with Crippen LogP contribution in [0.25, 0.3) is 10.9 Å². The Kier molecular flexibility index (Phi) is 8.35. The van der Waals surface area contributed by atoms with Crippen LogP contribution in [0.3, 0.4) is 0 Å². The van der Waals surface area contributed by atoms with Gasteiger partial charge in [-0.3, -0.25) is 14.6 Å². The van der Waals surface area contributed by atoms with Gasteiger partial charge < -0.3 is 30.2 Å². The van der Waals surface area contributed by atoms with E-state index in [1.165, 1.54) is 0 Å². The summed E-state index contributed by atoms with van der Waals surface area (Å²) >= 11 is 0. The number of carbonyl (C=O) groups excluding carboxylic acids is 2. The van der Waals surface area contributed by atoms with Gasteiger partial charge in [0.05, 0.1) is 19.7 Å². The van der Waals surface area contributed by atoms with Gasteiger partial charge in [-0.15, -0.1) is 0 Å². The molecule has 4 aromatic rings. The van der Waals surface area contributed by atoms with E-state index in [9.17, 15) is 9.59 Å². The first-order valence-electron chi connectivity index (χ1n) is 12.0. The highest BCUT2D eigenvalue weighted by atomic mass is 16.5. The van der Waals surface area contributed by atoms with Crippen molar-refractivity contribution < 1.29 is 23.8 Å². The van der Waals surface area contributed by atoms with Crippen LogP contribution < -0.4 is 35.6 Å². The molecule has 1 heterocycles. The Morgan fingerprint density at radius 3 is 2.21 bits per heavy atom. The number of hydrogen-bond donors (Lipinski definition) is 3. The average Bonchev–Trinajstić information content (AvgIpc) is 2.94. The lowest BCUT2D eigenvalue weighted by Crippen LogP contribution is -2.30. The van der Waals surface area contributed by atoms with Crippen LogP contribution in [0, 0.1) is 0 Å². The molecule has 0 unspecified atom stereocenters. The molecule has 0 atom stereocenters. The molecule has 0 saturated carbocycles. The molecule has 10 heteroatoms. The number of anilines is 2. The highest BCUT2D eigenvalue weighted by Crippen LogP contribution is 2.36. The van der Waals surface area contributed by atoms with Crippen LogP contribution in [-0.4, -0.2) is 45.9 Å². The van der Waals surface area contributed by atoms with E-state index >= 15 is 0 Å². The van der Waals surface area contributed by atoms with E-state index < -0.39 is 11.8 Å². The summed E-state index contributed by atoms with van der Waals surface area (Å²) in [4.78, 5) is 30.5. The molecule has 0 aliphatic carbocycles. The molecular weight excluding hydrogens is 495 g/mol. The Morgan fingerprint density at radius 1 is 0.846 bits per heavy atom. The van der Waals surface area contributed by atoms with Crippen molar-refractivity contribution in [1.29, 1.82) is 0 Å². The third-order valence-electron chi connectivity index (χ3n) is 5.94. The number of rotatable bonds is 9. The summed E-state index contributed by atoms with van der Waals surface area (Å²) in [6, 6.07) is 19.0. The van der Waals surface area contributed by atoms with Crippen LogP contribution in [0.15, 0.2) is 84.2 Å². The molecule has 9 nitrogen and oxygen atoms in total. The van der Waals surface area contributed by atoms with Gasteiger partial charge in [-0.05, 0) is 49.4 Å². The van der Waals surface area contributed by atoms with Crippen LogP contribution in [0.4, 0.5) is 11.4 Å². The summed E-state index contributed by atoms with van der Waals surface area (Å²) in [6.45, 7) is 1.64. The van der Waals surface area contributed by atoms with Gasteiger partial charge in [0.15, 0.2) is 11.5 Å². The van der Waals surface area contributed by atoms with Gasteiger partial charge in [-0.25, -0.2) is 0 Å². The predicted molar refractivity (Wildman–Crippen MR) is 152 cm³/mol. The van der Waals surface area contributed by atoms with Gasteiger partial charge >= 0.3 is 0 Å². The predicted octanol–water partition coefficient (Wildman–Crippen LogP) is 3.91. The second kappa shape index (κ2) is 12.0. The van der Waals surface area contributed by atoms with E-state index in [4.69, 9.17) is 22.1 Å². The highest BCUT2D eigenvalue weighted by molar-refractivity contribution is 6.37. The molecular formula is C29H27BN4O5. The summed E-state index contributed by atoms with van der Waals surface area (Å²) in [6.07, 6.45) is 1.62. The third kappa shape index (κ3) is 6.12. The van der Waals surface area contributed by atoms with Gasteiger partial charge in [-0.2, -0.15) is 0 Å². The fourth-order valence-electron chi connectivity index (χ4n) is 3.85. The van der Waals surface area contributed by atoms with Crippen LogP contribution in [0.5, 0.6) is 23.0 Å². The van der Waals surface area contributed by atoms with Crippen molar-refractivity contribution in [2.45, 2.75) is 6.92 Å². The number of nitrogens with one attached hydrogen (secondary N) is 3. The van der Waals surface area contributed by atoms with Gasteiger partial charge in [0.25, 0.3) is 11.8 Å². The van der Waals surface area contributed by atoms with Crippen LogP contribution >= 0.6 is 0 Å². The van der Waals surface area contributed by atoms with E-state index in [1.54, 1.807) is 95.1 Å². The first-order chi connectivity index (χ1) is 18.8. The van der Waals surface area contributed by atoms with Crippen molar-refractivity contribution in [3.8, 4) is 23.0 Å². The summed E-state index contributed by atoms with van der Waals surface area (Å²) in [7, 11) is 11.0. The largest absolute Gasteiger partial charge is 0.493 e. The van der Waals surface area contributed by atoms with Crippen LogP contribution in [0.1, 0.15) is 6.92 Å². The highest BCUT2D eigenvalue weighted by Gasteiger charge is 2.22. The van der Waals surface area contributed by atoms with Crippen molar-refractivity contribution in [3.63, 3.8) is 0 Å². The van der Waals surface area contributed by atoms with Crippen LogP contribution in [-0.2, 0) is 9.59 Å². The number of nitrogens with zero attached hydrogens (tertiary/aromatic N) is 1. The first-order valence-corrected chi connectivity index (χ1v) is 12.0. The topological polar surface area (TPSA) is 111 Å². The van der Waals surface area contributed by atoms with Crippen molar-refractivity contribution in [2.75, 3.05) is 31.9 Å². The van der Waals surface area contributed by atoms with Crippen molar-refractivity contribution in [3.05, 3.63) is 84.2 Å². The minimum absolute atomic E-state index is 0.0753. The number of methoxy groups -OCH3 is 2. The Hall–Kier alpha value is -4.99. The molecule has 0 fully saturated rings. The summed E-state index contributed by atoms with van der Waals surface area (Å²) in [5, 5.41) is 9.04. The van der Waals surface area contributed by atoms with E-state index in [0.29, 0.717) is 51.0 Å². The quantitative estimate of drug-likeness (QED) is 0.132. The number of ether oxygens (including phenoxy) is 3. The zero-order chi connectivity index (χ0) is 27.9. The minimum atomic E-state index is -0.614. The second-order valence-electron chi connectivity index (χ2n) is 8.41. The molecule has 3 N–H and O–H groups in total. The number of allylic oxidation sites excluding steroid dienone is 1. The fraction of sp³-hybridized carbons (Fsp3) is 0.138. The Bertz CT molecular complexity index is 1560. The number of para-hydroxylation sites is 1. The lowest BCUT2D eigenvalue weighted by molar-refractivity contribution is -0.118. The molecule has 4 rings (SSSR count). The molecule has 196 valence electrons. The van der Waals surface area contributed by atoms with E-state index in [0.717, 1.165) is 0 Å². The maximum absolute atomic E-state index is 13.1. The van der Waals surface area contributed by atoms with Crippen molar-refractivity contribution >= 4 is 47.4 Å². The molecule has 0 saturated heterocycles. The van der Waals surface area contributed by atoms with Gasteiger partial charge in [-0.1, -0.05) is 23.7 Å². The molecule has 3 aromatic carbocycles. The standard InChI is InChI=1S/C29H27BN4O5/c1-17(31-2)27(28(35)33-18-8-6-5-7-9-18)29(36)34-22-11-10-19(14-21(22)30)39-24-12-13-32-23-16-26(38-4)25(37-3)15-20(23)24/h5-16,31H,1-4H3,(H,33,35)(H,34,36)/b27-17+. The SMILES string of the molecule is [B]c1cc(Oc2ccnc3cc(OC)c(OC)cc23)ccc1NC(=O)/C(C(=O)Nc1ccccc1)=C(\C)NC. The molecule has 0 aliphatic rings. The lowest BCUT2D eigenvalue weighted by atomic mass is 9.93. The molecule has 0 aliphatic heterocycles. The summed E-state index contributed by atoms with van der Waals surface area (Å²) in [5.41, 5.74) is 2.13. The second-order valence-corrected chi connectivity index (χ2v) is 8.41. The number of pyridine rings is 1. The van der Waals surface area contributed by atoms with E-state index in [-0.39, 0.29) is 11.0 Å². The Balaban J connectivity index is 1.55. The fourth-order valence-corrected chi connectivity index (χ4v) is 3.85. The van der Waals surface area contributed by atoms with Crippen LogP contribution in [0.2, 0.25) is 0 Å². The number of amides is 2. The zero-order valence-electron chi connectivity index (χ0n) is 22.0. The number of benzene rings is 3. The normalized spacial score (nSPS) is 11.3. The summed E-state index contributed by atoms with van der Waals surface area (Å²) in [5.74, 6) is 0.898. The molecule has 39 heavy (non-hydrogen) atoms. The Labute approximate surface area is 227 Å². The molecule has 0 spiro atoms. The zero-order valence-corrected chi connectivity index (χ0v) is 22.0. The molecule has 0 bridgehead atoms. The monoisotopic (exact) mass is 522 g/mol. The number of hydrogen-bond acceptors (Lipinski definition) is 7. The molecule has 2 radical (unpaired) electrons. The van der Waals surface area contributed by atoms with Crippen molar-refractivity contribution in [2.24, 2.45) is 0 Å². The van der Waals surface area contributed by atoms with Gasteiger partial charge in [0, 0.05) is 41.8 Å².